The molecule has 0 saturated carbocycles. The number of hydrogen-bond acceptors (Lipinski definition) is 7. The minimum absolute atomic E-state index is 0.0265. The van der Waals surface area contributed by atoms with E-state index in [9.17, 15) is 4.79 Å². The Morgan fingerprint density at radius 3 is 2.52 bits per heavy atom. The zero-order valence-corrected chi connectivity index (χ0v) is 23.3. The van der Waals surface area contributed by atoms with E-state index in [4.69, 9.17) is 9.72 Å². The SMILES string of the molecule is O=C1NCC12CCCN(c1nc(OCC34CCCN3CCC4)nc3c(F)c(-c4cccc5cccc(F)c45)ncc13)C2. The van der Waals surface area contributed by atoms with E-state index in [2.05, 4.69) is 20.2 Å². The lowest BCUT2D eigenvalue weighted by Crippen LogP contribution is -2.65. The van der Waals surface area contributed by atoms with Gasteiger partial charge in [-0.25, -0.2) is 8.78 Å². The molecule has 4 aliphatic rings. The standard InChI is InChI=1S/C32H32F2N6O2/c33-23-9-2-7-20-6-1-8-21(24(20)23)26-25(34)27-22(16-35-26)28(39-13-3-10-31(18-39)17-36-29(31)41)38-30(37-27)42-19-32-11-4-14-40(32)15-5-12-32/h1-2,6-9,16H,3-5,10-15,17-19H2,(H,36,41). The van der Waals surface area contributed by atoms with Crippen molar-refractivity contribution in [2.45, 2.75) is 44.1 Å². The number of nitrogens with one attached hydrogen (secondary N) is 1. The molecule has 1 N–H and O–H groups in total. The fourth-order valence-electron chi connectivity index (χ4n) is 7.72. The Labute approximate surface area is 242 Å². The van der Waals surface area contributed by atoms with Crippen LogP contribution in [0.2, 0.25) is 0 Å². The monoisotopic (exact) mass is 570 g/mol. The molecule has 10 heteroatoms. The summed E-state index contributed by atoms with van der Waals surface area (Å²) in [5.74, 6) is -0.520. The number of carbonyl (C=O) groups is 1. The van der Waals surface area contributed by atoms with Crippen LogP contribution in [-0.2, 0) is 4.79 Å². The molecule has 1 atom stereocenters. The molecule has 216 valence electrons. The highest BCUT2D eigenvalue weighted by molar-refractivity contribution is 5.99. The van der Waals surface area contributed by atoms with Crippen LogP contribution in [0.1, 0.15) is 38.5 Å². The van der Waals surface area contributed by atoms with Gasteiger partial charge in [0.2, 0.25) is 5.91 Å². The Hall–Kier alpha value is -3.92. The van der Waals surface area contributed by atoms with E-state index in [1.165, 1.54) is 6.07 Å². The number of β-lactam (4-membered cyclic amide) rings is 1. The van der Waals surface area contributed by atoms with Crippen molar-refractivity contribution in [2.24, 2.45) is 5.41 Å². The smallest absolute Gasteiger partial charge is 0.319 e. The first-order chi connectivity index (χ1) is 20.5. The number of benzene rings is 2. The Balaban J connectivity index is 1.25. The predicted octanol–water partition coefficient (Wildman–Crippen LogP) is 4.85. The molecule has 4 fully saturated rings. The first-order valence-corrected chi connectivity index (χ1v) is 14.9. The van der Waals surface area contributed by atoms with Crippen molar-refractivity contribution >= 4 is 33.4 Å². The van der Waals surface area contributed by atoms with Gasteiger partial charge in [-0.3, -0.25) is 14.7 Å². The number of ether oxygens (including phenoxy) is 1. The maximum Gasteiger partial charge on any atom is 0.319 e. The van der Waals surface area contributed by atoms with Gasteiger partial charge in [0, 0.05) is 36.8 Å². The van der Waals surface area contributed by atoms with Gasteiger partial charge in [-0.1, -0.05) is 30.3 Å². The molecule has 0 aliphatic carbocycles. The van der Waals surface area contributed by atoms with E-state index in [1.54, 1.807) is 36.5 Å². The lowest BCUT2D eigenvalue weighted by Gasteiger charge is -2.47. The van der Waals surface area contributed by atoms with Crippen molar-refractivity contribution < 1.29 is 18.3 Å². The highest BCUT2D eigenvalue weighted by Gasteiger charge is 2.49. The number of piperidine rings is 1. The number of pyridine rings is 1. The average molecular weight is 571 g/mol. The van der Waals surface area contributed by atoms with Crippen molar-refractivity contribution in [2.75, 3.05) is 44.2 Å². The largest absolute Gasteiger partial charge is 0.461 e. The Morgan fingerprint density at radius 1 is 0.976 bits per heavy atom. The van der Waals surface area contributed by atoms with Gasteiger partial charge >= 0.3 is 6.01 Å². The predicted molar refractivity (Wildman–Crippen MR) is 155 cm³/mol. The molecule has 8 nitrogen and oxygen atoms in total. The highest BCUT2D eigenvalue weighted by atomic mass is 19.1. The van der Waals surface area contributed by atoms with Crippen LogP contribution < -0.4 is 15.0 Å². The van der Waals surface area contributed by atoms with Gasteiger partial charge in [-0.2, -0.15) is 9.97 Å². The minimum Gasteiger partial charge on any atom is -0.461 e. The number of anilines is 1. The van der Waals surface area contributed by atoms with Gasteiger partial charge in [0.15, 0.2) is 5.82 Å². The maximum absolute atomic E-state index is 16.6. The molecule has 1 spiro atoms. The second-order valence-corrected chi connectivity index (χ2v) is 12.4. The molecule has 0 bridgehead atoms. The molecule has 1 amide bonds. The zero-order chi connectivity index (χ0) is 28.5. The van der Waals surface area contributed by atoms with E-state index >= 15 is 8.78 Å². The third kappa shape index (κ3) is 3.87. The maximum atomic E-state index is 16.6. The van der Waals surface area contributed by atoms with E-state index in [-0.39, 0.29) is 28.7 Å². The molecule has 4 aliphatic heterocycles. The molecular formula is C32H32F2N6O2. The molecule has 6 heterocycles. The van der Waals surface area contributed by atoms with Crippen molar-refractivity contribution in [3.63, 3.8) is 0 Å². The summed E-state index contributed by atoms with van der Waals surface area (Å²) in [5.41, 5.74) is -0.0186. The van der Waals surface area contributed by atoms with Crippen molar-refractivity contribution in [1.29, 1.82) is 0 Å². The zero-order valence-electron chi connectivity index (χ0n) is 23.3. The first kappa shape index (κ1) is 25.8. The molecule has 2 aromatic heterocycles. The average Bonchev–Trinajstić information content (AvgIpc) is 3.60. The summed E-state index contributed by atoms with van der Waals surface area (Å²) in [6.45, 7) is 4.36. The lowest BCUT2D eigenvalue weighted by molar-refractivity contribution is -0.140. The molecule has 0 radical (unpaired) electrons. The highest BCUT2D eigenvalue weighted by Crippen LogP contribution is 2.42. The second kappa shape index (κ2) is 9.55. The van der Waals surface area contributed by atoms with Crippen LogP contribution in [0.15, 0.2) is 42.6 Å². The van der Waals surface area contributed by atoms with Crippen molar-refractivity contribution in [3.8, 4) is 17.3 Å². The number of rotatable bonds is 5. The van der Waals surface area contributed by atoms with Gasteiger partial charge in [0.05, 0.1) is 16.3 Å². The summed E-state index contributed by atoms with van der Waals surface area (Å²) in [4.78, 5) is 31.1. The van der Waals surface area contributed by atoms with E-state index < -0.39 is 17.0 Å². The molecule has 4 aromatic rings. The molecule has 1 unspecified atom stereocenters. The number of halogens is 2. The number of carbonyl (C=O) groups excluding carboxylic acids is 1. The Morgan fingerprint density at radius 2 is 1.76 bits per heavy atom. The molecular weight excluding hydrogens is 538 g/mol. The summed E-state index contributed by atoms with van der Waals surface area (Å²) in [7, 11) is 0. The Bertz CT molecular complexity index is 1730. The van der Waals surface area contributed by atoms with Crippen molar-refractivity contribution in [1.82, 2.24) is 25.2 Å². The first-order valence-electron chi connectivity index (χ1n) is 14.9. The van der Waals surface area contributed by atoms with Gasteiger partial charge in [0.1, 0.15) is 29.5 Å². The quantitative estimate of drug-likeness (QED) is 0.344. The Kier molecular flexibility index (Phi) is 5.86. The van der Waals surface area contributed by atoms with Crippen LogP contribution in [0, 0.1) is 17.0 Å². The summed E-state index contributed by atoms with van der Waals surface area (Å²) < 4.78 is 37.9. The number of nitrogens with zero attached hydrogens (tertiary/aromatic N) is 5. The van der Waals surface area contributed by atoms with Gasteiger partial charge in [-0.05, 0) is 63.1 Å². The van der Waals surface area contributed by atoms with Crippen LogP contribution in [0.4, 0.5) is 14.6 Å². The molecule has 8 rings (SSSR count). The fourth-order valence-corrected chi connectivity index (χ4v) is 7.72. The van der Waals surface area contributed by atoms with Crippen LogP contribution >= 0.6 is 0 Å². The second-order valence-electron chi connectivity index (χ2n) is 12.4. The third-order valence-corrected chi connectivity index (χ3v) is 9.98. The topological polar surface area (TPSA) is 83.5 Å². The van der Waals surface area contributed by atoms with E-state index in [1.807, 2.05) is 4.90 Å². The fraction of sp³-hybridized carbons (Fsp3) is 0.438. The summed E-state index contributed by atoms with van der Waals surface area (Å²) >= 11 is 0. The molecule has 4 saturated heterocycles. The van der Waals surface area contributed by atoms with Gasteiger partial charge < -0.3 is 15.0 Å². The summed E-state index contributed by atoms with van der Waals surface area (Å²) in [6, 6.07) is 10.2. The van der Waals surface area contributed by atoms with Gasteiger partial charge in [-0.15, -0.1) is 0 Å². The van der Waals surface area contributed by atoms with Crippen molar-refractivity contribution in [3.05, 3.63) is 54.2 Å². The van der Waals surface area contributed by atoms with E-state index in [0.29, 0.717) is 53.8 Å². The van der Waals surface area contributed by atoms with Crippen LogP contribution in [-0.4, -0.2) is 70.6 Å². The number of hydrogen-bond donors (Lipinski definition) is 1. The van der Waals surface area contributed by atoms with Crippen LogP contribution in [0.5, 0.6) is 6.01 Å². The third-order valence-electron chi connectivity index (χ3n) is 9.98. The van der Waals surface area contributed by atoms with Crippen LogP contribution in [0.25, 0.3) is 32.9 Å². The molecule has 2 aromatic carbocycles. The van der Waals surface area contributed by atoms with Crippen LogP contribution in [0.3, 0.4) is 0 Å². The lowest BCUT2D eigenvalue weighted by atomic mass is 9.74. The van der Waals surface area contributed by atoms with E-state index in [0.717, 1.165) is 51.6 Å². The number of aromatic nitrogens is 3. The number of amides is 1. The normalized spacial score (nSPS) is 23.4. The summed E-state index contributed by atoms with van der Waals surface area (Å²) in [6.07, 6.45) is 7.59. The number of fused-ring (bicyclic) bond motifs is 3. The summed E-state index contributed by atoms with van der Waals surface area (Å²) in [5, 5.41) is 4.31. The minimum atomic E-state index is -0.647. The van der Waals surface area contributed by atoms with Gasteiger partial charge in [0.25, 0.3) is 0 Å². The molecule has 42 heavy (non-hydrogen) atoms.